The third-order valence-electron chi connectivity index (χ3n) is 4.15. The van der Waals surface area contributed by atoms with Crippen LogP contribution in [0.4, 0.5) is 30.7 Å². The van der Waals surface area contributed by atoms with Gasteiger partial charge < -0.3 is 10.1 Å². The Hall–Kier alpha value is -0.610. The van der Waals surface area contributed by atoms with Gasteiger partial charge in [0.05, 0.1) is 26.1 Å². The molecule has 0 bridgehead atoms. The maximum Gasteiger partial charge on any atom is 0.372 e. The minimum Gasteiger partial charge on any atom is -0.379 e. The number of rotatable bonds is 5. The van der Waals surface area contributed by atoms with Crippen molar-refractivity contribution >= 4 is 0 Å². The predicted molar refractivity (Wildman–Crippen MR) is 68.0 cm³/mol. The summed E-state index contributed by atoms with van der Waals surface area (Å²) in [5, 5.41) is 2.48. The average molecular weight is 352 g/mol. The fourth-order valence-corrected chi connectivity index (χ4v) is 2.85. The summed E-state index contributed by atoms with van der Waals surface area (Å²) in [5.41, 5.74) is -3.08. The third-order valence-corrected chi connectivity index (χ3v) is 4.15. The van der Waals surface area contributed by atoms with Crippen LogP contribution in [0.5, 0.6) is 0 Å². The molecule has 0 amide bonds. The van der Waals surface area contributed by atoms with E-state index in [1.807, 2.05) is 4.90 Å². The Kier molecular flexibility index (Phi) is 5.18. The van der Waals surface area contributed by atoms with Gasteiger partial charge in [-0.2, -0.15) is 26.3 Å². The smallest absolute Gasteiger partial charge is 0.372 e. The lowest BCUT2D eigenvalue weighted by Crippen LogP contribution is -2.65. The van der Waals surface area contributed by atoms with Crippen LogP contribution in [0.25, 0.3) is 0 Å². The molecule has 1 heterocycles. The summed E-state index contributed by atoms with van der Waals surface area (Å²) < 4.78 is 98.5. The summed E-state index contributed by atoms with van der Waals surface area (Å²) in [6, 6.07) is 0. The van der Waals surface area contributed by atoms with Gasteiger partial charge in [0.1, 0.15) is 5.67 Å². The van der Waals surface area contributed by atoms with E-state index in [1.165, 1.54) is 0 Å². The Labute approximate surface area is 129 Å². The molecule has 0 aromatic carbocycles. The molecular weight excluding hydrogens is 333 g/mol. The molecule has 23 heavy (non-hydrogen) atoms. The highest BCUT2D eigenvalue weighted by atomic mass is 19.3. The van der Waals surface area contributed by atoms with Crippen molar-refractivity contribution in [3.8, 4) is 0 Å². The van der Waals surface area contributed by atoms with Crippen molar-refractivity contribution in [1.29, 1.82) is 0 Å². The molecule has 2 aliphatic rings. The molecule has 0 unspecified atom stereocenters. The van der Waals surface area contributed by atoms with Crippen LogP contribution in [0.2, 0.25) is 0 Å². The van der Waals surface area contributed by atoms with Crippen molar-refractivity contribution < 1.29 is 35.5 Å². The largest absolute Gasteiger partial charge is 0.379 e. The molecule has 2 fully saturated rings. The zero-order valence-electron chi connectivity index (χ0n) is 12.4. The normalized spacial score (nSPS) is 29.3. The maximum absolute atomic E-state index is 14.3. The van der Waals surface area contributed by atoms with Crippen LogP contribution in [0.15, 0.2) is 0 Å². The molecule has 2 rings (SSSR count). The van der Waals surface area contributed by atoms with Crippen LogP contribution < -0.4 is 5.32 Å². The number of hydrogen-bond donors (Lipinski definition) is 1. The van der Waals surface area contributed by atoms with E-state index in [1.54, 1.807) is 0 Å². The average Bonchev–Trinajstić information content (AvgIpc) is 2.42. The summed E-state index contributed by atoms with van der Waals surface area (Å²) in [7, 11) is 0. The van der Waals surface area contributed by atoms with Crippen LogP contribution >= 0.6 is 0 Å². The highest BCUT2D eigenvalue weighted by molar-refractivity contribution is 5.09. The summed E-state index contributed by atoms with van der Waals surface area (Å²) in [6.07, 6.45) is -3.85. The van der Waals surface area contributed by atoms with E-state index in [-0.39, 0.29) is 6.54 Å². The van der Waals surface area contributed by atoms with Gasteiger partial charge in [0, 0.05) is 32.7 Å². The lowest BCUT2D eigenvalue weighted by molar-refractivity contribution is -0.348. The zero-order chi connectivity index (χ0) is 17.4. The second kappa shape index (κ2) is 6.36. The number of hydrogen-bond acceptors (Lipinski definition) is 3. The molecular formula is C13H19F7N2O. The van der Waals surface area contributed by atoms with E-state index in [2.05, 4.69) is 5.32 Å². The quantitative estimate of drug-likeness (QED) is 0.607. The van der Waals surface area contributed by atoms with Gasteiger partial charge in [-0.05, 0) is 0 Å². The molecule has 1 saturated heterocycles. The first-order valence-corrected chi connectivity index (χ1v) is 7.32. The SMILES string of the molecule is FC1(CNCCN2CCOCC2)CC(F)(F)C(F)(F)C(F)(F)C1. The van der Waals surface area contributed by atoms with Gasteiger partial charge in [0.2, 0.25) is 0 Å². The highest BCUT2D eigenvalue weighted by Gasteiger charge is 2.77. The van der Waals surface area contributed by atoms with E-state index < -0.39 is 42.8 Å². The molecule has 1 saturated carbocycles. The van der Waals surface area contributed by atoms with E-state index >= 15 is 0 Å². The number of alkyl halides is 7. The van der Waals surface area contributed by atoms with Gasteiger partial charge in [0.15, 0.2) is 0 Å². The van der Waals surface area contributed by atoms with Gasteiger partial charge in [-0.25, -0.2) is 4.39 Å². The fraction of sp³-hybridized carbons (Fsp3) is 1.00. The van der Waals surface area contributed by atoms with E-state index in [4.69, 9.17) is 4.74 Å². The van der Waals surface area contributed by atoms with Crippen LogP contribution in [0.3, 0.4) is 0 Å². The minimum atomic E-state index is -5.54. The van der Waals surface area contributed by atoms with Crippen molar-refractivity contribution in [1.82, 2.24) is 10.2 Å². The number of nitrogens with zero attached hydrogens (tertiary/aromatic N) is 1. The van der Waals surface area contributed by atoms with Crippen LogP contribution in [-0.2, 0) is 4.74 Å². The van der Waals surface area contributed by atoms with Crippen LogP contribution in [-0.4, -0.2) is 74.3 Å². The molecule has 0 aromatic heterocycles. The first kappa shape index (κ1) is 18.7. The van der Waals surface area contributed by atoms with Crippen molar-refractivity contribution in [3.63, 3.8) is 0 Å². The predicted octanol–water partition coefficient (Wildman–Crippen LogP) is 2.32. The lowest BCUT2D eigenvalue weighted by atomic mass is 9.78. The van der Waals surface area contributed by atoms with E-state index in [9.17, 15) is 30.7 Å². The molecule has 136 valence electrons. The van der Waals surface area contributed by atoms with Crippen molar-refractivity contribution in [3.05, 3.63) is 0 Å². The van der Waals surface area contributed by atoms with Gasteiger partial charge >= 0.3 is 17.8 Å². The summed E-state index contributed by atoms with van der Waals surface area (Å²) in [5.74, 6) is -15.7. The second-order valence-electron chi connectivity index (χ2n) is 6.12. The second-order valence-corrected chi connectivity index (χ2v) is 6.12. The monoisotopic (exact) mass is 352 g/mol. The minimum absolute atomic E-state index is 0.180. The number of nitrogens with one attached hydrogen (secondary N) is 1. The van der Waals surface area contributed by atoms with Crippen molar-refractivity contribution in [2.24, 2.45) is 0 Å². The van der Waals surface area contributed by atoms with Gasteiger partial charge in [-0.15, -0.1) is 0 Å². The first-order chi connectivity index (χ1) is 10.5. The summed E-state index contributed by atoms with van der Waals surface area (Å²) in [6.45, 7) is 2.22. The fourth-order valence-electron chi connectivity index (χ4n) is 2.85. The molecule has 1 N–H and O–H groups in total. The van der Waals surface area contributed by atoms with Crippen LogP contribution in [0, 0.1) is 0 Å². The highest BCUT2D eigenvalue weighted by Crippen LogP contribution is 2.57. The standard InChI is InChI=1S/C13H19F7N2O/c14-10(9-21-1-2-22-3-5-23-6-4-22)7-11(15,16)13(19,20)12(17,18)8-10/h21H,1-9H2. The Bertz CT molecular complexity index is 393. The zero-order valence-corrected chi connectivity index (χ0v) is 12.4. The van der Waals surface area contributed by atoms with E-state index in [0.29, 0.717) is 32.8 Å². The third kappa shape index (κ3) is 3.90. The Morgan fingerprint density at radius 1 is 0.870 bits per heavy atom. The molecule has 0 aromatic rings. The topological polar surface area (TPSA) is 24.5 Å². The van der Waals surface area contributed by atoms with Crippen molar-refractivity contribution in [2.75, 3.05) is 45.9 Å². The molecule has 0 spiro atoms. The molecule has 10 heteroatoms. The van der Waals surface area contributed by atoms with Gasteiger partial charge in [0.25, 0.3) is 0 Å². The van der Waals surface area contributed by atoms with Gasteiger partial charge in [-0.3, -0.25) is 4.90 Å². The molecule has 0 radical (unpaired) electrons. The molecule has 1 aliphatic heterocycles. The lowest BCUT2D eigenvalue weighted by Gasteiger charge is -2.44. The molecule has 0 atom stereocenters. The van der Waals surface area contributed by atoms with Crippen LogP contribution in [0.1, 0.15) is 12.8 Å². The molecule has 1 aliphatic carbocycles. The van der Waals surface area contributed by atoms with Crippen molar-refractivity contribution in [2.45, 2.75) is 36.3 Å². The Morgan fingerprint density at radius 2 is 1.39 bits per heavy atom. The summed E-state index contributed by atoms with van der Waals surface area (Å²) >= 11 is 0. The number of halogens is 7. The Balaban J connectivity index is 1.86. The van der Waals surface area contributed by atoms with E-state index in [0.717, 1.165) is 0 Å². The summed E-state index contributed by atoms with van der Waals surface area (Å²) in [4.78, 5) is 1.97. The number of ether oxygens (including phenoxy) is 1. The first-order valence-electron chi connectivity index (χ1n) is 7.32. The maximum atomic E-state index is 14.3. The number of morpholine rings is 1. The Morgan fingerprint density at radius 3 is 1.91 bits per heavy atom. The van der Waals surface area contributed by atoms with Gasteiger partial charge in [-0.1, -0.05) is 0 Å². The molecule has 3 nitrogen and oxygen atoms in total.